The number of sulfonamides is 1. The maximum Gasteiger partial charge on any atom is 0.243 e. The summed E-state index contributed by atoms with van der Waals surface area (Å²) in [6.07, 6.45) is 2.22. The summed E-state index contributed by atoms with van der Waals surface area (Å²) in [4.78, 5) is 2.55. The van der Waals surface area contributed by atoms with Gasteiger partial charge in [-0.2, -0.15) is 4.31 Å². The number of β-amino-alcohol motifs (C(OH)–C–C–N with tert-alkyl or cyclic N) is 1. The Morgan fingerprint density at radius 3 is 2.45 bits per heavy atom. The van der Waals surface area contributed by atoms with E-state index < -0.39 is 10.0 Å². The Balaban J connectivity index is 1.65. The molecule has 2 heterocycles. The highest BCUT2D eigenvalue weighted by Gasteiger charge is 2.34. The standard InChI is InChI=1S/C15H21ClN2O3S/c16-12-2-1-3-15(10-12)22(20,21)18-8-4-13(5-9-18)17-7-6-14(19)11-17/h1-3,10,13-14,19H,4-9,11H2. The van der Waals surface area contributed by atoms with Gasteiger partial charge in [-0.1, -0.05) is 17.7 Å². The van der Waals surface area contributed by atoms with E-state index in [1.165, 1.54) is 6.07 Å². The zero-order chi connectivity index (χ0) is 15.7. The van der Waals surface area contributed by atoms with Crippen molar-refractivity contribution in [1.82, 2.24) is 9.21 Å². The number of nitrogens with zero attached hydrogens (tertiary/aromatic N) is 2. The van der Waals surface area contributed by atoms with Crippen LogP contribution in [0.2, 0.25) is 5.02 Å². The largest absolute Gasteiger partial charge is 0.392 e. The van der Waals surface area contributed by atoms with Crippen LogP contribution in [-0.2, 0) is 10.0 Å². The van der Waals surface area contributed by atoms with Crippen molar-refractivity contribution in [2.24, 2.45) is 0 Å². The molecule has 0 saturated carbocycles. The number of piperidine rings is 1. The van der Waals surface area contributed by atoms with Gasteiger partial charge >= 0.3 is 0 Å². The van der Waals surface area contributed by atoms with Gasteiger partial charge < -0.3 is 5.11 Å². The maximum absolute atomic E-state index is 12.6. The van der Waals surface area contributed by atoms with Gasteiger partial charge in [0.05, 0.1) is 11.0 Å². The van der Waals surface area contributed by atoms with Gasteiger partial charge in [-0.15, -0.1) is 0 Å². The molecule has 2 fully saturated rings. The fraction of sp³-hybridized carbons (Fsp3) is 0.600. The van der Waals surface area contributed by atoms with Gasteiger partial charge in [0, 0.05) is 37.2 Å². The molecule has 0 radical (unpaired) electrons. The van der Waals surface area contributed by atoms with Crippen LogP contribution in [-0.4, -0.2) is 61.1 Å². The van der Waals surface area contributed by atoms with Crippen molar-refractivity contribution in [2.45, 2.75) is 36.3 Å². The topological polar surface area (TPSA) is 60.9 Å². The van der Waals surface area contributed by atoms with Gasteiger partial charge in [0.25, 0.3) is 0 Å². The minimum absolute atomic E-state index is 0.228. The normalized spacial score (nSPS) is 25.6. The predicted molar refractivity (Wildman–Crippen MR) is 85.4 cm³/mol. The molecule has 2 saturated heterocycles. The Labute approximate surface area is 136 Å². The highest BCUT2D eigenvalue weighted by Crippen LogP contribution is 2.26. The van der Waals surface area contributed by atoms with E-state index in [-0.39, 0.29) is 11.0 Å². The first-order valence-electron chi connectivity index (χ1n) is 7.64. The first kappa shape index (κ1) is 16.2. The smallest absolute Gasteiger partial charge is 0.243 e. The van der Waals surface area contributed by atoms with Gasteiger partial charge in [-0.05, 0) is 37.5 Å². The Hall–Kier alpha value is -0.660. The van der Waals surface area contributed by atoms with Crippen molar-refractivity contribution >= 4 is 21.6 Å². The predicted octanol–water partition coefficient (Wildman–Crippen LogP) is 1.56. The van der Waals surface area contributed by atoms with Gasteiger partial charge in [0.1, 0.15) is 0 Å². The van der Waals surface area contributed by atoms with Crippen LogP contribution in [0.15, 0.2) is 29.2 Å². The minimum atomic E-state index is -3.46. The number of hydrogen-bond donors (Lipinski definition) is 1. The average molecular weight is 345 g/mol. The van der Waals surface area contributed by atoms with Crippen LogP contribution < -0.4 is 0 Å². The van der Waals surface area contributed by atoms with E-state index in [4.69, 9.17) is 11.6 Å². The van der Waals surface area contributed by atoms with E-state index in [1.54, 1.807) is 22.5 Å². The van der Waals surface area contributed by atoms with Crippen molar-refractivity contribution in [2.75, 3.05) is 26.2 Å². The lowest BCUT2D eigenvalue weighted by atomic mass is 10.1. The monoisotopic (exact) mass is 344 g/mol. The number of hydrogen-bond acceptors (Lipinski definition) is 4. The number of halogens is 1. The Bertz CT molecular complexity index is 629. The second kappa shape index (κ2) is 6.45. The zero-order valence-corrected chi connectivity index (χ0v) is 13.9. The van der Waals surface area contributed by atoms with E-state index in [0.717, 1.165) is 25.8 Å². The second-order valence-electron chi connectivity index (χ2n) is 6.03. The zero-order valence-electron chi connectivity index (χ0n) is 12.4. The SMILES string of the molecule is O=S(=O)(c1cccc(Cl)c1)N1CCC(N2CCC(O)C2)CC1. The summed E-state index contributed by atoms with van der Waals surface area (Å²) in [5.41, 5.74) is 0. The number of rotatable bonds is 3. The average Bonchev–Trinajstić information content (AvgIpc) is 2.94. The van der Waals surface area contributed by atoms with Crippen LogP contribution in [0.25, 0.3) is 0 Å². The molecule has 122 valence electrons. The molecule has 0 aliphatic carbocycles. The Morgan fingerprint density at radius 1 is 1.14 bits per heavy atom. The van der Waals surface area contributed by atoms with Crippen molar-refractivity contribution in [3.8, 4) is 0 Å². The highest BCUT2D eigenvalue weighted by atomic mass is 35.5. The van der Waals surface area contributed by atoms with E-state index in [0.29, 0.717) is 30.7 Å². The fourth-order valence-electron chi connectivity index (χ4n) is 3.32. The van der Waals surface area contributed by atoms with Gasteiger partial charge in [-0.3, -0.25) is 4.90 Å². The highest BCUT2D eigenvalue weighted by molar-refractivity contribution is 7.89. The third-order valence-corrected chi connectivity index (χ3v) is 6.70. The van der Waals surface area contributed by atoms with Crippen LogP contribution >= 0.6 is 11.6 Å². The molecular formula is C15H21ClN2O3S. The number of aliphatic hydroxyl groups excluding tert-OH is 1. The van der Waals surface area contributed by atoms with E-state index >= 15 is 0 Å². The number of aliphatic hydroxyl groups is 1. The van der Waals surface area contributed by atoms with Crippen LogP contribution in [0.5, 0.6) is 0 Å². The van der Waals surface area contributed by atoms with Gasteiger partial charge in [0.2, 0.25) is 10.0 Å². The maximum atomic E-state index is 12.6. The Kier molecular flexibility index (Phi) is 4.75. The summed E-state index contributed by atoms with van der Waals surface area (Å²) in [7, 11) is -3.46. The van der Waals surface area contributed by atoms with Crippen molar-refractivity contribution in [3.63, 3.8) is 0 Å². The summed E-state index contributed by atoms with van der Waals surface area (Å²) >= 11 is 5.90. The molecule has 7 heteroatoms. The molecule has 1 aromatic rings. The molecule has 1 N–H and O–H groups in total. The molecule has 0 amide bonds. The molecule has 5 nitrogen and oxygen atoms in total. The molecule has 0 aromatic heterocycles. The van der Waals surface area contributed by atoms with Crippen LogP contribution in [0.4, 0.5) is 0 Å². The summed E-state index contributed by atoms with van der Waals surface area (Å²) < 4.78 is 26.8. The Morgan fingerprint density at radius 2 is 1.86 bits per heavy atom. The van der Waals surface area contributed by atoms with Crippen LogP contribution in [0, 0.1) is 0 Å². The molecule has 1 aromatic carbocycles. The number of benzene rings is 1. The molecule has 1 unspecified atom stereocenters. The molecule has 1 atom stereocenters. The van der Waals surface area contributed by atoms with Crippen molar-refractivity contribution < 1.29 is 13.5 Å². The van der Waals surface area contributed by atoms with Gasteiger partial charge in [0.15, 0.2) is 0 Å². The fourth-order valence-corrected chi connectivity index (χ4v) is 5.10. The first-order chi connectivity index (χ1) is 10.5. The molecule has 2 aliphatic heterocycles. The molecule has 0 spiro atoms. The molecule has 2 aliphatic rings. The van der Waals surface area contributed by atoms with E-state index in [1.807, 2.05) is 0 Å². The van der Waals surface area contributed by atoms with E-state index in [9.17, 15) is 13.5 Å². The summed E-state index contributed by atoms with van der Waals surface area (Å²) in [5.74, 6) is 0. The van der Waals surface area contributed by atoms with Crippen molar-refractivity contribution in [3.05, 3.63) is 29.3 Å². The van der Waals surface area contributed by atoms with Gasteiger partial charge in [-0.25, -0.2) is 8.42 Å². The molecule has 0 bridgehead atoms. The third kappa shape index (κ3) is 3.31. The lowest BCUT2D eigenvalue weighted by molar-refractivity contribution is 0.132. The third-order valence-electron chi connectivity index (χ3n) is 4.57. The molecule has 3 rings (SSSR count). The van der Waals surface area contributed by atoms with E-state index in [2.05, 4.69) is 4.90 Å². The molecular weight excluding hydrogens is 324 g/mol. The minimum Gasteiger partial charge on any atom is -0.392 e. The quantitative estimate of drug-likeness (QED) is 0.904. The summed E-state index contributed by atoms with van der Waals surface area (Å²) in [5, 5.41) is 10.1. The summed E-state index contributed by atoms with van der Waals surface area (Å²) in [6.45, 7) is 2.66. The lowest BCUT2D eigenvalue weighted by Gasteiger charge is -2.36. The lowest BCUT2D eigenvalue weighted by Crippen LogP contribution is -2.46. The number of likely N-dealkylation sites (tertiary alicyclic amines) is 1. The van der Waals surface area contributed by atoms with Crippen molar-refractivity contribution in [1.29, 1.82) is 0 Å². The van der Waals surface area contributed by atoms with Crippen LogP contribution in [0.1, 0.15) is 19.3 Å². The van der Waals surface area contributed by atoms with Crippen LogP contribution in [0.3, 0.4) is 0 Å². The molecule has 22 heavy (non-hydrogen) atoms. The first-order valence-corrected chi connectivity index (χ1v) is 9.46. The second-order valence-corrected chi connectivity index (χ2v) is 8.40. The summed E-state index contributed by atoms with van der Waals surface area (Å²) in [6, 6.07) is 6.80.